The molecular weight excluding hydrogens is 247 g/mol. The van der Waals surface area contributed by atoms with Crippen LogP contribution in [0.25, 0.3) is 0 Å². The molecule has 0 spiro atoms. The topological polar surface area (TPSA) is 30.5 Å². The highest BCUT2D eigenvalue weighted by Crippen LogP contribution is 2.33. The van der Waals surface area contributed by atoms with E-state index in [-0.39, 0.29) is 12.5 Å². The lowest BCUT2D eigenvalue weighted by atomic mass is 9.83. The SMILES string of the molecule is CCOC1(C(CCC(F)(F)F)NC)CCOCC1. The molecule has 18 heavy (non-hydrogen) atoms. The highest BCUT2D eigenvalue weighted by Gasteiger charge is 2.42. The van der Waals surface area contributed by atoms with Gasteiger partial charge in [0.05, 0.1) is 5.60 Å². The molecule has 0 aromatic rings. The maximum atomic E-state index is 12.3. The predicted molar refractivity (Wildman–Crippen MR) is 62.5 cm³/mol. The van der Waals surface area contributed by atoms with Crippen molar-refractivity contribution in [1.82, 2.24) is 5.32 Å². The Balaban J connectivity index is 2.67. The Kier molecular flexibility index (Phi) is 5.88. The quantitative estimate of drug-likeness (QED) is 0.803. The Bertz CT molecular complexity index is 234. The molecule has 1 unspecified atom stereocenters. The molecule has 3 nitrogen and oxygen atoms in total. The summed E-state index contributed by atoms with van der Waals surface area (Å²) < 4.78 is 48.1. The third kappa shape index (κ3) is 4.40. The Morgan fingerprint density at radius 3 is 2.39 bits per heavy atom. The second kappa shape index (κ2) is 6.73. The average molecular weight is 269 g/mol. The standard InChI is InChI=1S/C12H22F3NO2/c1-3-18-11(6-8-17-9-7-11)10(16-2)4-5-12(13,14)15/h10,16H,3-9H2,1-2H3. The predicted octanol–water partition coefficient (Wildman–Crippen LogP) is 2.50. The molecule has 1 fully saturated rings. The van der Waals surface area contributed by atoms with Gasteiger partial charge in [0.2, 0.25) is 0 Å². The Morgan fingerprint density at radius 2 is 1.94 bits per heavy atom. The van der Waals surface area contributed by atoms with Gasteiger partial charge in [-0.3, -0.25) is 0 Å². The van der Waals surface area contributed by atoms with Gasteiger partial charge in [0, 0.05) is 45.1 Å². The fourth-order valence-corrected chi connectivity index (χ4v) is 2.58. The van der Waals surface area contributed by atoms with Crippen molar-refractivity contribution in [2.45, 2.75) is 50.4 Å². The van der Waals surface area contributed by atoms with Gasteiger partial charge in [0.1, 0.15) is 0 Å². The smallest absolute Gasteiger partial charge is 0.381 e. The van der Waals surface area contributed by atoms with E-state index >= 15 is 0 Å². The van der Waals surface area contributed by atoms with Crippen molar-refractivity contribution in [3.63, 3.8) is 0 Å². The molecule has 1 aliphatic rings. The first-order valence-corrected chi connectivity index (χ1v) is 6.39. The van der Waals surface area contributed by atoms with Crippen LogP contribution in [-0.2, 0) is 9.47 Å². The monoisotopic (exact) mass is 269 g/mol. The molecular formula is C12H22F3NO2. The number of rotatable bonds is 6. The van der Waals surface area contributed by atoms with E-state index < -0.39 is 18.2 Å². The van der Waals surface area contributed by atoms with E-state index in [9.17, 15) is 13.2 Å². The van der Waals surface area contributed by atoms with Crippen molar-refractivity contribution in [3.05, 3.63) is 0 Å². The van der Waals surface area contributed by atoms with Crippen molar-refractivity contribution < 1.29 is 22.6 Å². The van der Waals surface area contributed by atoms with E-state index in [1.165, 1.54) is 0 Å². The summed E-state index contributed by atoms with van der Waals surface area (Å²) in [6.07, 6.45) is -3.57. The van der Waals surface area contributed by atoms with E-state index in [4.69, 9.17) is 9.47 Å². The molecule has 108 valence electrons. The first kappa shape index (κ1) is 15.7. The molecule has 1 atom stereocenters. The van der Waals surface area contributed by atoms with Crippen molar-refractivity contribution in [2.24, 2.45) is 0 Å². The normalized spacial score (nSPS) is 21.8. The maximum absolute atomic E-state index is 12.3. The van der Waals surface area contributed by atoms with Crippen LogP contribution in [-0.4, -0.2) is 44.7 Å². The van der Waals surface area contributed by atoms with Crippen LogP contribution in [0.15, 0.2) is 0 Å². The number of halogens is 3. The van der Waals surface area contributed by atoms with Gasteiger partial charge in [-0.2, -0.15) is 13.2 Å². The van der Waals surface area contributed by atoms with E-state index in [0.29, 0.717) is 32.7 Å². The summed E-state index contributed by atoms with van der Waals surface area (Å²) in [5, 5.41) is 2.99. The number of nitrogens with one attached hydrogen (secondary N) is 1. The summed E-state index contributed by atoms with van der Waals surface area (Å²) in [5.74, 6) is 0. The maximum Gasteiger partial charge on any atom is 0.389 e. The van der Waals surface area contributed by atoms with Crippen LogP contribution in [0.5, 0.6) is 0 Å². The second-order valence-electron chi connectivity index (χ2n) is 4.61. The Morgan fingerprint density at radius 1 is 1.33 bits per heavy atom. The van der Waals surface area contributed by atoms with Crippen LogP contribution in [0, 0.1) is 0 Å². The molecule has 1 heterocycles. The number of hydrogen-bond donors (Lipinski definition) is 1. The van der Waals surface area contributed by atoms with Gasteiger partial charge in [-0.15, -0.1) is 0 Å². The number of alkyl halides is 3. The van der Waals surface area contributed by atoms with Crippen LogP contribution in [0.4, 0.5) is 13.2 Å². The lowest BCUT2D eigenvalue weighted by molar-refractivity contribution is -0.153. The van der Waals surface area contributed by atoms with Gasteiger partial charge in [0.15, 0.2) is 0 Å². The highest BCUT2D eigenvalue weighted by molar-refractivity contribution is 4.94. The number of likely N-dealkylation sites (N-methyl/N-ethyl adjacent to an activating group) is 1. The highest BCUT2D eigenvalue weighted by atomic mass is 19.4. The minimum Gasteiger partial charge on any atom is -0.381 e. The van der Waals surface area contributed by atoms with E-state index in [1.807, 2.05) is 6.92 Å². The minimum atomic E-state index is -4.12. The first-order valence-electron chi connectivity index (χ1n) is 6.39. The molecule has 1 rings (SSSR count). The van der Waals surface area contributed by atoms with Gasteiger partial charge in [-0.25, -0.2) is 0 Å². The summed E-state index contributed by atoms with van der Waals surface area (Å²) in [5.41, 5.74) is -0.521. The molecule has 0 aromatic carbocycles. The molecule has 0 saturated carbocycles. The molecule has 0 bridgehead atoms. The zero-order valence-corrected chi connectivity index (χ0v) is 11.0. The van der Waals surface area contributed by atoms with Crippen molar-refractivity contribution in [3.8, 4) is 0 Å². The zero-order chi connectivity index (χ0) is 13.6. The molecule has 1 saturated heterocycles. The minimum absolute atomic E-state index is 0.0417. The second-order valence-corrected chi connectivity index (χ2v) is 4.61. The molecule has 1 aliphatic heterocycles. The summed E-state index contributed by atoms with van der Waals surface area (Å²) >= 11 is 0. The van der Waals surface area contributed by atoms with Gasteiger partial charge in [-0.05, 0) is 20.4 Å². The van der Waals surface area contributed by atoms with Crippen LogP contribution in [0.1, 0.15) is 32.6 Å². The number of ether oxygens (including phenoxy) is 2. The zero-order valence-electron chi connectivity index (χ0n) is 11.0. The Hall–Kier alpha value is -0.330. The van der Waals surface area contributed by atoms with E-state index in [0.717, 1.165) is 0 Å². The van der Waals surface area contributed by atoms with Gasteiger partial charge in [0.25, 0.3) is 0 Å². The molecule has 1 N–H and O–H groups in total. The fraction of sp³-hybridized carbons (Fsp3) is 1.00. The third-order valence-corrected chi connectivity index (χ3v) is 3.47. The van der Waals surface area contributed by atoms with Gasteiger partial charge in [-0.1, -0.05) is 0 Å². The van der Waals surface area contributed by atoms with E-state index in [1.54, 1.807) is 7.05 Å². The summed E-state index contributed by atoms with van der Waals surface area (Å²) in [6, 6.07) is -0.289. The fourth-order valence-electron chi connectivity index (χ4n) is 2.58. The largest absolute Gasteiger partial charge is 0.389 e. The van der Waals surface area contributed by atoms with Crippen LogP contribution < -0.4 is 5.32 Å². The first-order chi connectivity index (χ1) is 8.43. The molecule has 0 aromatic heterocycles. The van der Waals surface area contributed by atoms with E-state index in [2.05, 4.69) is 5.32 Å². The third-order valence-electron chi connectivity index (χ3n) is 3.47. The van der Waals surface area contributed by atoms with Crippen LogP contribution in [0.3, 0.4) is 0 Å². The van der Waals surface area contributed by atoms with Crippen molar-refractivity contribution in [1.29, 1.82) is 0 Å². The summed E-state index contributed by atoms with van der Waals surface area (Å²) in [4.78, 5) is 0. The molecule has 0 amide bonds. The lowest BCUT2D eigenvalue weighted by Crippen LogP contribution is -2.54. The molecule has 6 heteroatoms. The van der Waals surface area contributed by atoms with Gasteiger partial charge >= 0.3 is 6.18 Å². The van der Waals surface area contributed by atoms with Crippen molar-refractivity contribution in [2.75, 3.05) is 26.9 Å². The molecule has 0 aliphatic carbocycles. The Labute approximate surface area is 106 Å². The van der Waals surface area contributed by atoms with Gasteiger partial charge < -0.3 is 14.8 Å². The summed E-state index contributed by atoms with van der Waals surface area (Å²) in [7, 11) is 1.69. The number of hydrogen-bond acceptors (Lipinski definition) is 3. The molecule has 0 radical (unpaired) electrons. The average Bonchev–Trinajstić information content (AvgIpc) is 2.30. The van der Waals surface area contributed by atoms with Crippen LogP contribution >= 0.6 is 0 Å². The van der Waals surface area contributed by atoms with Crippen molar-refractivity contribution >= 4 is 0 Å². The summed E-state index contributed by atoms with van der Waals surface area (Å²) in [6.45, 7) is 3.46. The lowest BCUT2D eigenvalue weighted by Gasteiger charge is -2.43. The van der Waals surface area contributed by atoms with Crippen LogP contribution in [0.2, 0.25) is 0 Å².